The molecule has 1 aliphatic rings. The van der Waals surface area contributed by atoms with Gasteiger partial charge in [0.15, 0.2) is 0 Å². The van der Waals surface area contributed by atoms with Crippen molar-refractivity contribution in [2.24, 2.45) is 0 Å². The highest BCUT2D eigenvalue weighted by Crippen LogP contribution is 2.13. The lowest BCUT2D eigenvalue weighted by molar-refractivity contribution is 0.0523. The van der Waals surface area contributed by atoms with Gasteiger partial charge in [0, 0.05) is 31.7 Å². The number of carbonyl (C=O) groups excluding carboxylic acids is 1. The number of amides is 1. The molecule has 1 unspecified atom stereocenters. The lowest BCUT2D eigenvalue weighted by atomic mass is 10.1. The number of hydrogen-bond donors (Lipinski definition) is 1. The van der Waals surface area contributed by atoms with Crippen LogP contribution in [0.15, 0.2) is 18.2 Å². The fourth-order valence-electron chi connectivity index (χ4n) is 2.74. The van der Waals surface area contributed by atoms with Gasteiger partial charge in [0.1, 0.15) is 11.5 Å². The Kier molecular flexibility index (Phi) is 5.17. The van der Waals surface area contributed by atoms with Crippen molar-refractivity contribution in [3.8, 4) is 0 Å². The highest BCUT2D eigenvalue weighted by atomic mass is 16.2. The average Bonchev–Trinajstić information content (AvgIpc) is 2.46. The summed E-state index contributed by atoms with van der Waals surface area (Å²) in [6.07, 6.45) is 0. The van der Waals surface area contributed by atoms with E-state index in [-0.39, 0.29) is 5.91 Å². The molecule has 116 valence electrons. The van der Waals surface area contributed by atoms with E-state index < -0.39 is 0 Å². The fraction of sp³-hybridized carbons (Fsp3) is 0.625. The minimum Gasteiger partial charge on any atom is -0.368 e. The van der Waals surface area contributed by atoms with E-state index in [9.17, 15) is 4.79 Å². The molecule has 5 nitrogen and oxygen atoms in total. The third kappa shape index (κ3) is 3.94. The molecule has 1 saturated heterocycles. The molecule has 2 heterocycles. The van der Waals surface area contributed by atoms with Crippen LogP contribution in [0.2, 0.25) is 0 Å². The topological polar surface area (TPSA) is 48.5 Å². The van der Waals surface area contributed by atoms with Crippen molar-refractivity contribution >= 4 is 11.7 Å². The van der Waals surface area contributed by atoms with Gasteiger partial charge in [0.25, 0.3) is 5.91 Å². The number of anilines is 1. The Morgan fingerprint density at radius 3 is 2.81 bits per heavy atom. The van der Waals surface area contributed by atoms with E-state index in [0.717, 1.165) is 32.0 Å². The summed E-state index contributed by atoms with van der Waals surface area (Å²) in [7, 11) is 0. The van der Waals surface area contributed by atoms with Crippen LogP contribution in [0.1, 0.15) is 38.2 Å². The molecule has 0 aromatic carbocycles. The summed E-state index contributed by atoms with van der Waals surface area (Å²) in [6.45, 7) is 12.0. The first-order valence-electron chi connectivity index (χ1n) is 7.78. The second-order valence-electron chi connectivity index (χ2n) is 5.94. The Morgan fingerprint density at radius 2 is 2.19 bits per heavy atom. The molecule has 0 bridgehead atoms. The zero-order chi connectivity index (χ0) is 15.4. The fourth-order valence-corrected chi connectivity index (χ4v) is 2.74. The molecule has 0 spiro atoms. The lowest BCUT2D eigenvalue weighted by Gasteiger charge is -2.39. The molecule has 1 aromatic rings. The predicted octanol–water partition coefficient (Wildman–Crippen LogP) is 2.07. The second-order valence-corrected chi connectivity index (χ2v) is 5.94. The Morgan fingerprint density at radius 1 is 1.43 bits per heavy atom. The smallest absolute Gasteiger partial charge is 0.272 e. The third-order valence-corrected chi connectivity index (χ3v) is 3.86. The molecule has 1 atom stereocenters. The molecule has 5 heteroatoms. The third-order valence-electron chi connectivity index (χ3n) is 3.86. The van der Waals surface area contributed by atoms with Gasteiger partial charge in [-0.1, -0.05) is 13.0 Å². The van der Waals surface area contributed by atoms with Crippen molar-refractivity contribution in [3.63, 3.8) is 0 Å². The normalized spacial score (nSPS) is 19.9. The molecule has 1 fully saturated rings. The van der Waals surface area contributed by atoms with E-state index >= 15 is 0 Å². The minimum atomic E-state index is 0.0324. The number of nitrogens with one attached hydrogen (secondary N) is 1. The largest absolute Gasteiger partial charge is 0.368 e. The van der Waals surface area contributed by atoms with Crippen LogP contribution >= 0.6 is 0 Å². The van der Waals surface area contributed by atoms with Gasteiger partial charge in [-0.2, -0.15) is 0 Å². The number of pyridine rings is 1. The summed E-state index contributed by atoms with van der Waals surface area (Å²) in [5, 5.41) is 3.24. The number of likely N-dealkylation sites (N-methyl/N-ethyl adjacent to an activating group) is 1. The zero-order valence-corrected chi connectivity index (χ0v) is 13.5. The highest BCUT2D eigenvalue weighted by molar-refractivity contribution is 5.92. The van der Waals surface area contributed by atoms with Crippen LogP contribution < -0.4 is 5.32 Å². The van der Waals surface area contributed by atoms with Gasteiger partial charge >= 0.3 is 0 Å². The van der Waals surface area contributed by atoms with Gasteiger partial charge in [0.05, 0.1) is 0 Å². The standard InChI is InChI=1S/C16H26N4O/c1-5-19-9-10-20(11-13(19)4)16(21)14-7-6-8-15(18-14)17-12(2)3/h6-8,12-13H,5,9-11H2,1-4H3,(H,17,18). The Balaban J connectivity index is 2.06. The van der Waals surface area contributed by atoms with Gasteiger partial charge in [-0.15, -0.1) is 0 Å². The van der Waals surface area contributed by atoms with Crippen LogP contribution in [0.25, 0.3) is 0 Å². The summed E-state index contributed by atoms with van der Waals surface area (Å²) >= 11 is 0. The van der Waals surface area contributed by atoms with Gasteiger partial charge in [-0.25, -0.2) is 4.98 Å². The van der Waals surface area contributed by atoms with Crippen molar-refractivity contribution in [2.45, 2.75) is 39.8 Å². The van der Waals surface area contributed by atoms with Crippen LogP contribution in [-0.2, 0) is 0 Å². The van der Waals surface area contributed by atoms with Crippen molar-refractivity contribution < 1.29 is 4.79 Å². The number of rotatable bonds is 4. The molecule has 0 saturated carbocycles. The van der Waals surface area contributed by atoms with Crippen LogP contribution in [0.5, 0.6) is 0 Å². The van der Waals surface area contributed by atoms with Crippen molar-refractivity contribution in [3.05, 3.63) is 23.9 Å². The van der Waals surface area contributed by atoms with Gasteiger partial charge in [0.2, 0.25) is 0 Å². The van der Waals surface area contributed by atoms with E-state index in [0.29, 0.717) is 17.8 Å². The second kappa shape index (κ2) is 6.89. The van der Waals surface area contributed by atoms with Crippen molar-refractivity contribution in [1.82, 2.24) is 14.8 Å². The maximum atomic E-state index is 12.6. The van der Waals surface area contributed by atoms with E-state index in [4.69, 9.17) is 0 Å². The Hall–Kier alpha value is -1.62. The molecule has 2 rings (SSSR count). The summed E-state index contributed by atoms with van der Waals surface area (Å²) in [5.74, 6) is 0.793. The van der Waals surface area contributed by atoms with Crippen LogP contribution in [0, 0.1) is 0 Å². The first-order valence-corrected chi connectivity index (χ1v) is 7.78. The van der Waals surface area contributed by atoms with E-state index in [1.54, 1.807) is 6.07 Å². The first-order chi connectivity index (χ1) is 10.0. The molecule has 1 N–H and O–H groups in total. The van der Waals surface area contributed by atoms with E-state index in [1.807, 2.05) is 17.0 Å². The zero-order valence-electron chi connectivity index (χ0n) is 13.5. The Bertz CT molecular complexity index is 489. The average molecular weight is 290 g/mol. The number of nitrogens with zero attached hydrogens (tertiary/aromatic N) is 3. The molecular formula is C16H26N4O. The number of hydrogen-bond acceptors (Lipinski definition) is 4. The maximum absolute atomic E-state index is 12.6. The molecule has 1 aromatic heterocycles. The number of aromatic nitrogens is 1. The summed E-state index contributed by atoms with van der Waals surface area (Å²) < 4.78 is 0. The molecule has 0 radical (unpaired) electrons. The van der Waals surface area contributed by atoms with Crippen LogP contribution in [-0.4, -0.2) is 59.0 Å². The Labute approximate surface area is 127 Å². The summed E-state index contributed by atoms with van der Waals surface area (Å²) in [5.41, 5.74) is 0.526. The van der Waals surface area contributed by atoms with Crippen LogP contribution in [0.4, 0.5) is 5.82 Å². The van der Waals surface area contributed by atoms with E-state index in [1.165, 1.54) is 0 Å². The predicted molar refractivity (Wildman–Crippen MR) is 85.6 cm³/mol. The van der Waals surface area contributed by atoms with Crippen molar-refractivity contribution in [1.29, 1.82) is 0 Å². The lowest BCUT2D eigenvalue weighted by Crippen LogP contribution is -2.53. The SMILES string of the molecule is CCN1CCN(C(=O)c2cccc(NC(C)C)n2)CC1C. The number of piperazine rings is 1. The quantitative estimate of drug-likeness (QED) is 0.922. The number of carbonyl (C=O) groups is 1. The monoisotopic (exact) mass is 290 g/mol. The molecule has 1 aliphatic heterocycles. The summed E-state index contributed by atoms with van der Waals surface area (Å²) in [6, 6.07) is 6.29. The van der Waals surface area contributed by atoms with Crippen LogP contribution in [0.3, 0.4) is 0 Å². The molecule has 0 aliphatic carbocycles. The van der Waals surface area contributed by atoms with E-state index in [2.05, 4.69) is 42.9 Å². The minimum absolute atomic E-state index is 0.0324. The molecule has 1 amide bonds. The van der Waals surface area contributed by atoms with Gasteiger partial charge in [-0.3, -0.25) is 9.69 Å². The highest BCUT2D eigenvalue weighted by Gasteiger charge is 2.26. The van der Waals surface area contributed by atoms with Crippen molar-refractivity contribution in [2.75, 3.05) is 31.5 Å². The molecule has 21 heavy (non-hydrogen) atoms. The maximum Gasteiger partial charge on any atom is 0.272 e. The summed E-state index contributed by atoms with van der Waals surface area (Å²) in [4.78, 5) is 21.3. The van der Waals surface area contributed by atoms with Gasteiger partial charge < -0.3 is 10.2 Å². The molecular weight excluding hydrogens is 264 g/mol. The van der Waals surface area contributed by atoms with Gasteiger partial charge in [-0.05, 0) is 39.4 Å². The first kappa shape index (κ1) is 15.8.